The van der Waals surface area contributed by atoms with Gasteiger partial charge in [-0.1, -0.05) is 0 Å². The second kappa shape index (κ2) is 3.13. The van der Waals surface area contributed by atoms with Gasteiger partial charge in [0.15, 0.2) is 0 Å². The van der Waals surface area contributed by atoms with Gasteiger partial charge >= 0.3 is 0 Å². The summed E-state index contributed by atoms with van der Waals surface area (Å²) in [7, 11) is 0. The molecular formula is C6H2BrF2I. The van der Waals surface area contributed by atoms with Crippen LogP contribution in [0.1, 0.15) is 0 Å². The second-order valence-corrected chi connectivity index (χ2v) is 3.70. The van der Waals surface area contributed by atoms with Crippen LogP contribution in [0.25, 0.3) is 0 Å². The van der Waals surface area contributed by atoms with Crippen molar-refractivity contribution in [3.05, 3.63) is 31.8 Å². The molecule has 0 nitrogen and oxygen atoms in total. The van der Waals surface area contributed by atoms with Gasteiger partial charge in [0.05, 0.1) is 8.04 Å². The zero-order valence-electron chi connectivity index (χ0n) is 4.67. The molecule has 0 amide bonds. The molecule has 1 aromatic carbocycles. The Hall–Kier alpha value is 0.290. The minimum Gasteiger partial charge on any atom is -0.206 e. The van der Waals surface area contributed by atoms with Gasteiger partial charge in [-0.2, -0.15) is 0 Å². The molecule has 0 aromatic heterocycles. The standard InChI is InChI=1S/C6H2BrF2I/c7-3-1-5(9)6(10)2-4(3)8/h1-2H. The molecule has 4 heteroatoms. The molecule has 1 rings (SSSR count). The van der Waals surface area contributed by atoms with Gasteiger partial charge < -0.3 is 0 Å². The van der Waals surface area contributed by atoms with Crippen LogP contribution in [0.5, 0.6) is 0 Å². The first-order valence-electron chi connectivity index (χ1n) is 2.41. The number of rotatable bonds is 0. The minimum atomic E-state index is -0.439. The van der Waals surface area contributed by atoms with Crippen molar-refractivity contribution in [1.29, 1.82) is 0 Å². The van der Waals surface area contributed by atoms with Crippen LogP contribution in [0, 0.1) is 15.2 Å². The molecule has 0 unspecified atom stereocenters. The van der Waals surface area contributed by atoms with Crippen molar-refractivity contribution in [2.45, 2.75) is 0 Å². The van der Waals surface area contributed by atoms with Crippen LogP contribution < -0.4 is 0 Å². The van der Waals surface area contributed by atoms with Gasteiger partial charge in [0.2, 0.25) is 0 Å². The van der Waals surface area contributed by atoms with Crippen molar-refractivity contribution < 1.29 is 8.78 Å². The van der Waals surface area contributed by atoms with Crippen LogP contribution >= 0.6 is 38.5 Å². The zero-order chi connectivity index (χ0) is 7.72. The summed E-state index contributed by atoms with van der Waals surface area (Å²) in [6.07, 6.45) is 0. The molecule has 0 fully saturated rings. The normalized spacial score (nSPS) is 10.0. The molecule has 0 N–H and O–H groups in total. The summed E-state index contributed by atoms with van der Waals surface area (Å²) < 4.78 is 25.5. The molecule has 0 bridgehead atoms. The maximum atomic E-state index is 12.6. The number of halogens is 4. The summed E-state index contributed by atoms with van der Waals surface area (Å²) in [6.45, 7) is 0. The van der Waals surface area contributed by atoms with Crippen molar-refractivity contribution in [1.82, 2.24) is 0 Å². The summed E-state index contributed by atoms with van der Waals surface area (Å²) in [5.41, 5.74) is 0. The predicted molar refractivity (Wildman–Crippen MR) is 46.8 cm³/mol. The lowest BCUT2D eigenvalue weighted by molar-refractivity contribution is 0.588. The molecule has 0 saturated carbocycles. The molecule has 0 radical (unpaired) electrons. The van der Waals surface area contributed by atoms with Gasteiger partial charge in [0, 0.05) is 0 Å². The molecular weight excluding hydrogens is 317 g/mol. The van der Waals surface area contributed by atoms with Crippen LogP contribution in [0.2, 0.25) is 0 Å². The van der Waals surface area contributed by atoms with E-state index in [2.05, 4.69) is 15.9 Å². The molecule has 1 aromatic rings. The third-order valence-corrected chi connectivity index (χ3v) is 2.40. The van der Waals surface area contributed by atoms with Crippen molar-refractivity contribution in [3.63, 3.8) is 0 Å². The Morgan fingerprint density at radius 1 is 1.20 bits per heavy atom. The Balaban J connectivity index is 3.28. The molecule has 54 valence electrons. The van der Waals surface area contributed by atoms with Gasteiger partial charge in [0.25, 0.3) is 0 Å². The molecule has 0 aliphatic carbocycles. The van der Waals surface area contributed by atoms with Gasteiger partial charge in [-0.15, -0.1) is 0 Å². The maximum Gasteiger partial charge on any atom is 0.138 e. The number of hydrogen-bond donors (Lipinski definition) is 0. The Morgan fingerprint density at radius 3 is 2.30 bits per heavy atom. The third kappa shape index (κ3) is 1.66. The molecule has 0 atom stereocenters. The first-order valence-corrected chi connectivity index (χ1v) is 4.28. The van der Waals surface area contributed by atoms with E-state index in [-0.39, 0.29) is 4.47 Å². The highest BCUT2D eigenvalue weighted by molar-refractivity contribution is 14.1. The Kier molecular flexibility index (Phi) is 2.62. The van der Waals surface area contributed by atoms with Gasteiger partial charge in [-0.05, 0) is 50.7 Å². The van der Waals surface area contributed by atoms with Crippen LogP contribution in [-0.4, -0.2) is 0 Å². The van der Waals surface area contributed by atoms with Gasteiger partial charge in [0.1, 0.15) is 11.6 Å². The Morgan fingerprint density at radius 2 is 1.80 bits per heavy atom. The monoisotopic (exact) mass is 318 g/mol. The molecule has 0 aliphatic heterocycles. The molecule has 0 aliphatic rings. The van der Waals surface area contributed by atoms with E-state index in [1.807, 2.05) is 0 Å². The van der Waals surface area contributed by atoms with E-state index in [1.165, 1.54) is 0 Å². The summed E-state index contributed by atoms with van der Waals surface area (Å²) in [5.74, 6) is -0.848. The minimum absolute atomic E-state index is 0.158. The van der Waals surface area contributed by atoms with Crippen molar-refractivity contribution in [2.24, 2.45) is 0 Å². The Labute approximate surface area is 78.9 Å². The average Bonchev–Trinajstić information content (AvgIpc) is 1.84. The van der Waals surface area contributed by atoms with Crippen molar-refractivity contribution in [3.8, 4) is 0 Å². The molecule has 0 spiro atoms. The van der Waals surface area contributed by atoms with E-state index < -0.39 is 11.6 Å². The van der Waals surface area contributed by atoms with Crippen LogP contribution in [0.15, 0.2) is 16.6 Å². The predicted octanol–water partition coefficient (Wildman–Crippen LogP) is 3.33. The molecule has 10 heavy (non-hydrogen) atoms. The van der Waals surface area contributed by atoms with Gasteiger partial charge in [-0.25, -0.2) is 8.78 Å². The summed E-state index contributed by atoms with van der Waals surface area (Å²) in [5, 5.41) is 0. The summed E-state index contributed by atoms with van der Waals surface area (Å²) in [6, 6.07) is 2.25. The van der Waals surface area contributed by atoms with Crippen LogP contribution in [0.4, 0.5) is 8.78 Å². The largest absolute Gasteiger partial charge is 0.206 e. The molecule has 0 heterocycles. The van der Waals surface area contributed by atoms with E-state index in [4.69, 9.17) is 0 Å². The summed E-state index contributed by atoms with van der Waals surface area (Å²) in [4.78, 5) is 0. The number of hydrogen-bond acceptors (Lipinski definition) is 0. The van der Waals surface area contributed by atoms with Gasteiger partial charge in [-0.3, -0.25) is 0 Å². The Bertz CT molecular complexity index is 212. The van der Waals surface area contributed by atoms with Crippen molar-refractivity contribution in [2.75, 3.05) is 0 Å². The van der Waals surface area contributed by atoms with Crippen LogP contribution in [0.3, 0.4) is 0 Å². The quantitative estimate of drug-likeness (QED) is 0.508. The summed E-state index contributed by atoms with van der Waals surface area (Å²) >= 11 is 4.59. The third-order valence-electron chi connectivity index (χ3n) is 0.963. The zero-order valence-corrected chi connectivity index (χ0v) is 8.41. The highest BCUT2D eigenvalue weighted by Crippen LogP contribution is 2.20. The molecule has 0 saturated heterocycles. The highest BCUT2D eigenvalue weighted by Gasteiger charge is 2.04. The van der Waals surface area contributed by atoms with E-state index in [9.17, 15) is 8.78 Å². The lowest BCUT2D eigenvalue weighted by atomic mass is 10.3. The fourth-order valence-corrected chi connectivity index (χ4v) is 1.24. The maximum absolute atomic E-state index is 12.6. The fourth-order valence-electron chi connectivity index (χ4n) is 0.498. The van der Waals surface area contributed by atoms with E-state index in [0.717, 1.165) is 12.1 Å². The lowest BCUT2D eigenvalue weighted by Gasteiger charge is -1.95. The fraction of sp³-hybridized carbons (Fsp3) is 0. The lowest BCUT2D eigenvalue weighted by Crippen LogP contribution is -1.84. The first kappa shape index (κ1) is 8.39. The smallest absolute Gasteiger partial charge is 0.138 e. The average molecular weight is 319 g/mol. The SMILES string of the molecule is Fc1cc(I)c(F)cc1Br. The van der Waals surface area contributed by atoms with Crippen molar-refractivity contribution >= 4 is 38.5 Å². The topological polar surface area (TPSA) is 0 Å². The van der Waals surface area contributed by atoms with E-state index in [0.29, 0.717) is 3.57 Å². The second-order valence-electron chi connectivity index (χ2n) is 1.68. The highest BCUT2D eigenvalue weighted by atomic mass is 127. The van der Waals surface area contributed by atoms with E-state index >= 15 is 0 Å². The first-order chi connectivity index (χ1) is 4.61. The van der Waals surface area contributed by atoms with E-state index in [1.54, 1.807) is 22.6 Å². The van der Waals surface area contributed by atoms with Crippen LogP contribution in [-0.2, 0) is 0 Å². The number of benzene rings is 1.